The van der Waals surface area contributed by atoms with E-state index in [1.807, 2.05) is 19.0 Å². The Labute approximate surface area is 67.3 Å². The van der Waals surface area contributed by atoms with Gasteiger partial charge in [0.05, 0.1) is 5.97 Å². The molecule has 0 saturated carbocycles. The highest BCUT2D eigenvalue weighted by atomic mass is 16.4. The molecule has 0 spiro atoms. The lowest BCUT2D eigenvalue weighted by Crippen LogP contribution is -2.24. The molecule has 11 heavy (non-hydrogen) atoms. The summed E-state index contributed by atoms with van der Waals surface area (Å²) in [5, 5.41) is 10.2. The smallest absolute Gasteiger partial charge is 0.0668 e. The summed E-state index contributed by atoms with van der Waals surface area (Å²) in [6.45, 7) is 4.25. The van der Waals surface area contributed by atoms with Gasteiger partial charge in [-0.1, -0.05) is 6.58 Å². The monoisotopic (exact) mass is 156 g/mol. The van der Waals surface area contributed by atoms with Crippen molar-refractivity contribution in [1.82, 2.24) is 4.90 Å². The van der Waals surface area contributed by atoms with Crippen LogP contribution < -0.4 is 5.11 Å². The average Bonchev–Trinajstić information content (AvgIpc) is 1.86. The Morgan fingerprint density at radius 1 is 1.55 bits per heavy atom. The zero-order valence-corrected chi connectivity index (χ0v) is 7.09. The van der Waals surface area contributed by atoms with Crippen LogP contribution in [0, 0.1) is 0 Å². The highest BCUT2D eigenvalue weighted by Gasteiger charge is 1.95. The van der Waals surface area contributed by atoms with E-state index >= 15 is 0 Å². The SMILES string of the molecule is C=C(CCCN(C)C)C(=O)[O-]. The van der Waals surface area contributed by atoms with E-state index in [4.69, 9.17) is 0 Å². The van der Waals surface area contributed by atoms with Crippen molar-refractivity contribution >= 4 is 5.97 Å². The second-order valence-corrected chi connectivity index (χ2v) is 2.80. The Bertz CT molecular complexity index is 152. The molecule has 0 aromatic rings. The molecule has 3 nitrogen and oxygen atoms in total. The molecule has 0 amide bonds. The van der Waals surface area contributed by atoms with Crippen LogP contribution >= 0.6 is 0 Å². The summed E-state index contributed by atoms with van der Waals surface area (Å²) in [6.07, 6.45) is 1.33. The number of carboxylic acid groups (broad SMARTS) is 1. The van der Waals surface area contributed by atoms with Gasteiger partial charge in [0.2, 0.25) is 0 Å². The maximum atomic E-state index is 10.2. The first-order valence-electron chi connectivity index (χ1n) is 3.58. The van der Waals surface area contributed by atoms with Crippen LogP contribution in [0.5, 0.6) is 0 Å². The molecule has 3 heteroatoms. The van der Waals surface area contributed by atoms with Crippen molar-refractivity contribution in [2.24, 2.45) is 0 Å². The largest absolute Gasteiger partial charge is 0.545 e. The maximum absolute atomic E-state index is 10.2. The van der Waals surface area contributed by atoms with Crippen molar-refractivity contribution < 1.29 is 9.90 Å². The summed E-state index contributed by atoms with van der Waals surface area (Å²) in [5.74, 6) is -1.14. The molecular formula is C8H14NO2-. The summed E-state index contributed by atoms with van der Waals surface area (Å²) in [7, 11) is 3.89. The third-order valence-electron chi connectivity index (χ3n) is 1.37. The van der Waals surface area contributed by atoms with E-state index in [-0.39, 0.29) is 5.57 Å². The first-order valence-corrected chi connectivity index (χ1v) is 3.58. The van der Waals surface area contributed by atoms with E-state index in [1.54, 1.807) is 0 Å². The standard InChI is InChI=1S/C8H15NO2/c1-7(8(10)11)5-4-6-9(2)3/h1,4-6H2,2-3H3,(H,10,11)/p-1. The molecule has 0 aromatic heterocycles. The van der Waals surface area contributed by atoms with E-state index < -0.39 is 5.97 Å². The maximum Gasteiger partial charge on any atom is 0.0668 e. The molecule has 0 atom stereocenters. The van der Waals surface area contributed by atoms with Gasteiger partial charge < -0.3 is 14.8 Å². The van der Waals surface area contributed by atoms with Crippen LogP contribution in [0.2, 0.25) is 0 Å². The van der Waals surface area contributed by atoms with Gasteiger partial charge in [-0.3, -0.25) is 0 Å². The van der Waals surface area contributed by atoms with Gasteiger partial charge in [-0.05, 0) is 39.1 Å². The van der Waals surface area contributed by atoms with Crippen molar-refractivity contribution in [3.63, 3.8) is 0 Å². The lowest BCUT2D eigenvalue weighted by atomic mass is 10.1. The zero-order chi connectivity index (χ0) is 8.85. The number of nitrogens with zero attached hydrogens (tertiary/aromatic N) is 1. The average molecular weight is 156 g/mol. The van der Waals surface area contributed by atoms with Gasteiger partial charge in [0.25, 0.3) is 0 Å². The molecular weight excluding hydrogens is 142 g/mol. The first-order chi connectivity index (χ1) is 5.04. The minimum absolute atomic E-state index is 0.187. The van der Waals surface area contributed by atoms with E-state index in [2.05, 4.69) is 6.58 Å². The van der Waals surface area contributed by atoms with Crippen molar-refractivity contribution in [3.8, 4) is 0 Å². The highest BCUT2D eigenvalue weighted by Crippen LogP contribution is 2.00. The van der Waals surface area contributed by atoms with Crippen LogP contribution in [-0.4, -0.2) is 31.5 Å². The third-order valence-corrected chi connectivity index (χ3v) is 1.37. The van der Waals surface area contributed by atoms with Gasteiger partial charge in [-0.25, -0.2) is 0 Å². The first kappa shape index (κ1) is 10.2. The van der Waals surface area contributed by atoms with Gasteiger partial charge in [0.1, 0.15) is 0 Å². The Morgan fingerprint density at radius 2 is 2.09 bits per heavy atom. The fraction of sp³-hybridized carbons (Fsp3) is 0.625. The number of carbonyl (C=O) groups is 1. The second-order valence-electron chi connectivity index (χ2n) is 2.80. The Balaban J connectivity index is 3.40. The number of carbonyl (C=O) groups excluding carboxylic acids is 1. The predicted molar refractivity (Wildman–Crippen MR) is 41.9 cm³/mol. The van der Waals surface area contributed by atoms with E-state index in [9.17, 15) is 9.90 Å². The van der Waals surface area contributed by atoms with Gasteiger partial charge in [-0.15, -0.1) is 0 Å². The van der Waals surface area contributed by atoms with Crippen LogP contribution in [-0.2, 0) is 4.79 Å². The lowest BCUT2D eigenvalue weighted by Gasteiger charge is -2.10. The molecule has 0 aromatic carbocycles. The summed E-state index contributed by atoms with van der Waals surface area (Å²) in [4.78, 5) is 12.2. The van der Waals surface area contributed by atoms with Crippen LogP contribution in [0.1, 0.15) is 12.8 Å². The minimum atomic E-state index is -1.14. The number of aliphatic carboxylic acids is 1. The lowest BCUT2D eigenvalue weighted by molar-refractivity contribution is -0.299. The molecule has 0 N–H and O–H groups in total. The summed E-state index contributed by atoms with van der Waals surface area (Å²) < 4.78 is 0. The molecule has 0 aliphatic carbocycles. The van der Waals surface area contributed by atoms with Crippen LogP contribution in [0.25, 0.3) is 0 Å². The van der Waals surface area contributed by atoms with Crippen LogP contribution in [0.3, 0.4) is 0 Å². The molecule has 0 fully saturated rings. The summed E-state index contributed by atoms with van der Waals surface area (Å²) in [5.41, 5.74) is 0.187. The zero-order valence-electron chi connectivity index (χ0n) is 7.09. The normalized spacial score (nSPS) is 10.1. The van der Waals surface area contributed by atoms with Crippen molar-refractivity contribution in [2.75, 3.05) is 20.6 Å². The van der Waals surface area contributed by atoms with Gasteiger partial charge >= 0.3 is 0 Å². The second kappa shape index (κ2) is 4.91. The molecule has 0 radical (unpaired) electrons. The van der Waals surface area contributed by atoms with Crippen LogP contribution in [0.4, 0.5) is 0 Å². The molecule has 0 rings (SSSR count). The summed E-state index contributed by atoms with van der Waals surface area (Å²) >= 11 is 0. The van der Waals surface area contributed by atoms with E-state index in [0.717, 1.165) is 13.0 Å². The van der Waals surface area contributed by atoms with Crippen LogP contribution in [0.15, 0.2) is 12.2 Å². The van der Waals surface area contributed by atoms with Crippen molar-refractivity contribution in [1.29, 1.82) is 0 Å². The molecule has 0 heterocycles. The third kappa shape index (κ3) is 5.61. The minimum Gasteiger partial charge on any atom is -0.545 e. The number of hydrogen-bond donors (Lipinski definition) is 0. The van der Waals surface area contributed by atoms with Crippen molar-refractivity contribution in [2.45, 2.75) is 12.8 Å². The fourth-order valence-corrected chi connectivity index (χ4v) is 0.711. The van der Waals surface area contributed by atoms with Gasteiger partial charge in [0, 0.05) is 0 Å². The molecule has 0 bridgehead atoms. The van der Waals surface area contributed by atoms with Crippen molar-refractivity contribution in [3.05, 3.63) is 12.2 Å². The molecule has 64 valence electrons. The molecule has 0 saturated heterocycles. The topological polar surface area (TPSA) is 43.4 Å². The quantitative estimate of drug-likeness (QED) is 0.510. The fourth-order valence-electron chi connectivity index (χ4n) is 0.711. The number of hydrogen-bond acceptors (Lipinski definition) is 3. The molecule has 0 aliphatic heterocycles. The summed E-state index contributed by atoms with van der Waals surface area (Å²) in [6, 6.07) is 0. The Kier molecular flexibility index (Phi) is 4.54. The Hall–Kier alpha value is -0.830. The van der Waals surface area contributed by atoms with E-state index in [1.165, 1.54) is 0 Å². The van der Waals surface area contributed by atoms with Gasteiger partial charge in [0.15, 0.2) is 0 Å². The number of rotatable bonds is 5. The molecule has 0 unspecified atom stereocenters. The number of carboxylic acids is 1. The van der Waals surface area contributed by atoms with E-state index in [0.29, 0.717) is 6.42 Å². The van der Waals surface area contributed by atoms with Gasteiger partial charge in [-0.2, -0.15) is 0 Å². The Morgan fingerprint density at radius 3 is 2.45 bits per heavy atom. The molecule has 0 aliphatic rings. The highest BCUT2D eigenvalue weighted by molar-refractivity contribution is 5.83. The predicted octanol–water partition coefficient (Wildman–Crippen LogP) is -0.366.